The van der Waals surface area contributed by atoms with Gasteiger partial charge in [-0.1, -0.05) is 12.1 Å². The molecule has 1 saturated heterocycles. The normalized spacial score (nSPS) is 15.5. The lowest BCUT2D eigenvalue weighted by molar-refractivity contribution is -0.0794. The quantitative estimate of drug-likeness (QED) is 0.838. The van der Waals surface area contributed by atoms with Crippen molar-refractivity contribution in [1.29, 1.82) is 0 Å². The number of H-pyrrole nitrogens is 1. The van der Waals surface area contributed by atoms with Crippen molar-refractivity contribution in [3.05, 3.63) is 30.3 Å². The van der Waals surface area contributed by atoms with Gasteiger partial charge in [-0.15, -0.1) is 0 Å². The summed E-state index contributed by atoms with van der Waals surface area (Å²) < 4.78 is 10.9. The van der Waals surface area contributed by atoms with Gasteiger partial charge in [-0.3, -0.25) is 5.10 Å². The summed E-state index contributed by atoms with van der Waals surface area (Å²) in [5.74, 6) is 1.30. The second kappa shape index (κ2) is 4.10. The third kappa shape index (κ3) is 1.97. The number of para-hydroxylation sites is 1. The molecule has 2 aromatic rings. The summed E-state index contributed by atoms with van der Waals surface area (Å²) in [5, 5.41) is 6.81. The highest BCUT2D eigenvalue weighted by molar-refractivity contribution is 5.68. The maximum absolute atomic E-state index is 5.83. The predicted molar refractivity (Wildman–Crippen MR) is 63.7 cm³/mol. The monoisotopic (exact) mass is 231 g/mol. The van der Waals surface area contributed by atoms with E-state index in [1.165, 1.54) is 0 Å². The number of hydrogen-bond donors (Lipinski definition) is 2. The van der Waals surface area contributed by atoms with Crippen molar-refractivity contribution in [1.82, 2.24) is 10.2 Å². The molecule has 1 aromatic carbocycles. The van der Waals surface area contributed by atoms with Crippen LogP contribution in [0.1, 0.15) is 0 Å². The molecule has 2 heterocycles. The molecular formula is C12H13N3O2. The van der Waals surface area contributed by atoms with Crippen molar-refractivity contribution in [3.8, 4) is 17.0 Å². The minimum absolute atomic E-state index is 0.149. The highest BCUT2D eigenvalue weighted by Gasteiger charge is 2.21. The molecule has 5 nitrogen and oxygen atoms in total. The molecule has 0 unspecified atom stereocenters. The summed E-state index contributed by atoms with van der Waals surface area (Å²) in [4.78, 5) is 0. The van der Waals surface area contributed by atoms with E-state index < -0.39 is 0 Å². The van der Waals surface area contributed by atoms with E-state index in [1.807, 2.05) is 24.3 Å². The van der Waals surface area contributed by atoms with Crippen LogP contribution in [0.25, 0.3) is 11.3 Å². The van der Waals surface area contributed by atoms with Crippen molar-refractivity contribution >= 4 is 5.82 Å². The third-order valence-electron chi connectivity index (χ3n) is 2.68. The number of aromatic nitrogens is 2. The molecule has 88 valence electrons. The average Bonchev–Trinajstić information content (AvgIpc) is 2.71. The fourth-order valence-electron chi connectivity index (χ4n) is 1.73. The molecule has 5 heteroatoms. The molecule has 3 rings (SSSR count). The van der Waals surface area contributed by atoms with E-state index in [-0.39, 0.29) is 6.10 Å². The summed E-state index contributed by atoms with van der Waals surface area (Å²) in [6.45, 7) is 1.30. The van der Waals surface area contributed by atoms with Gasteiger partial charge in [-0.2, -0.15) is 5.10 Å². The molecular weight excluding hydrogens is 218 g/mol. The molecule has 1 aliphatic rings. The highest BCUT2D eigenvalue weighted by Crippen LogP contribution is 2.30. The number of nitrogens with one attached hydrogen (secondary N) is 1. The molecule has 0 spiro atoms. The lowest BCUT2D eigenvalue weighted by atomic mass is 10.1. The van der Waals surface area contributed by atoms with E-state index >= 15 is 0 Å². The van der Waals surface area contributed by atoms with Crippen molar-refractivity contribution < 1.29 is 9.47 Å². The van der Waals surface area contributed by atoms with Crippen molar-refractivity contribution in [2.45, 2.75) is 6.10 Å². The Morgan fingerprint density at radius 3 is 2.82 bits per heavy atom. The Morgan fingerprint density at radius 2 is 2.18 bits per heavy atom. The first kappa shape index (κ1) is 10.2. The zero-order valence-corrected chi connectivity index (χ0v) is 9.22. The van der Waals surface area contributed by atoms with E-state index in [2.05, 4.69) is 10.2 Å². The minimum atomic E-state index is 0.149. The van der Waals surface area contributed by atoms with E-state index in [1.54, 1.807) is 6.07 Å². The first-order valence-electron chi connectivity index (χ1n) is 5.47. The van der Waals surface area contributed by atoms with Crippen LogP contribution in [-0.2, 0) is 4.74 Å². The van der Waals surface area contributed by atoms with Crippen LogP contribution in [0.3, 0.4) is 0 Å². The Balaban J connectivity index is 1.92. The van der Waals surface area contributed by atoms with Gasteiger partial charge in [-0.25, -0.2) is 0 Å². The lowest BCUT2D eigenvalue weighted by Crippen LogP contribution is -2.38. The van der Waals surface area contributed by atoms with Crippen LogP contribution in [0.15, 0.2) is 30.3 Å². The number of rotatable bonds is 3. The number of nitrogen functional groups attached to an aromatic ring is 1. The molecule has 0 radical (unpaired) electrons. The summed E-state index contributed by atoms with van der Waals surface area (Å²) in [7, 11) is 0. The van der Waals surface area contributed by atoms with E-state index in [9.17, 15) is 0 Å². The van der Waals surface area contributed by atoms with Gasteiger partial charge in [0.1, 0.15) is 17.7 Å². The topological polar surface area (TPSA) is 73.2 Å². The number of nitrogens with zero attached hydrogens (tertiary/aromatic N) is 1. The maximum Gasteiger partial charge on any atom is 0.145 e. The third-order valence-corrected chi connectivity index (χ3v) is 2.68. The Labute approximate surface area is 98.5 Å². The van der Waals surface area contributed by atoms with E-state index in [4.69, 9.17) is 15.2 Å². The largest absolute Gasteiger partial charge is 0.485 e. The lowest BCUT2D eigenvalue weighted by Gasteiger charge is -2.27. The minimum Gasteiger partial charge on any atom is -0.485 e. The number of aromatic amines is 1. The zero-order chi connectivity index (χ0) is 11.7. The van der Waals surface area contributed by atoms with Crippen LogP contribution in [0.4, 0.5) is 5.82 Å². The second-order valence-electron chi connectivity index (χ2n) is 3.98. The smallest absolute Gasteiger partial charge is 0.145 e. The van der Waals surface area contributed by atoms with Crippen LogP contribution >= 0.6 is 0 Å². The first-order valence-corrected chi connectivity index (χ1v) is 5.47. The van der Waals surface area contributed by atoms with E-state index in [0.717, 1.165) is 17.0 Å². The van der Waals surface area contributed by atoms with Gasteiger partial charge in [0.15, 0.2) is 0 Å². The second-order valence-corrected chi connectivity index (χ2v) is 3.98. The van der Waals surface area contributed by atoms with E-state index in [0.29, 0.717) is 19.0 Å². The summed E-state index contributed by atoms with van der Waals surface area (Å²) in [6, 6.07) is 9.60. The predicted octanol–water partition coefficient (Wildman–Crippen LogP) is 1.44. The molecule has 1 fully saturated rings. The van der Waals surface area contributed by atoms with Crippen molar-refractivity contribution in [3.63, 3.8) is 0 Å². The van der Waals surface area contributed by atoms with Crippen LogP contribution < -0.4 is 10.5 Å². The Morgan fingerprint density at radius 1 is 1.35 bits per heavy atom. The zero-order valence-electron chi connectivity index (χ0n) is 9.22. The maximum atomic E-state index is 5.83. The highest BCUT2D eigenvalue weighted by atomic mass is 16.6. The van der Waals surface area contributed by atoms with Crippen LogP contribution in [0.5, 0.6) is 5.75 Å². The first-order chi connectivity index (χ1) is 8.33. The number of nitrogens with two attached hydrogens (primary N) is 1. The fourth-order valence-corrected chi connectivity index (χ4v) is 1.73. The van der Waals surface area contributed by atoms with Crippen LogP contribution in [-0.4, -0.2) is 29.5 Å². The van der Waals surface area contributed by atoms with Crippen LogP contribution in [0.2, 0.25) is 0 Å². The SMILES string of the molecule is Nc1cc(-c2ccccc2OC2COC2)[nH]n1. The van der Waals surface area contributed by atoms with Crippen LogP contribution in [0, 0.1) is 0 Å². The Hall–Kier alpha value is -2.01. The van der Waals surface area contributed by atoms with Gasteiger partial charge < -0.3 is 15.2 Å². The molecule has 17 heavy (non-hydrogen) atoms. The molecule has 0 aliphatic carbocycles. The molecule has 0 atom stereocenters. The summed E-state index contributed by atoms with van der Waals surface area (Å²) in [5.41, 5.74) is 7.42. The molecule has 0 saturated carbocycles. The summed E-state index contributed by atoms with van der Waals surface area (Å²) in [6.07, 6.45) is 0.149. The van der Waals surface area contributed by atoms with Gasteiger partial charge in [0, 0.05) is 11.6 Å². The number of hydrogen-bond acceptors (Lipinski definition) is 4. The molecule has 3 N–H and O–H groups in total. The molecule has 0 bridgehead atoms. The fraction of sp³-hybridized carbons (Fsp3) is 0.250. The van der Waals surface area contributed by atoms with Gasteiger partial charge in [0.05, 0.1) is 18.9 Å². The van der Waals surface area contributed by atoms with Crippen molar-refractivity contribution in [2.75, 3.05) is 18.9 Å². The van der Waals surface area contributed by atoms with Crippen molar-refractivity contribution in [2.24, 2.45) is 0 Å². The standard InChI is InChI=1S/C12H13N3O2/c13-12-5-10(14-15-12)9-3-1-2-4-11(9)17-8-6-16-7-8/h1-5,8H,6-7H2,(H3,13,14,15). The Kier molecular flexibility index (Phi) is 2.45. The molecule has 1 aliphatic heterocycles. The number of benzene rings is 1. The number of ether oxygens (including phenoxy) is 2. The van der Waals surface area contributed by atoms with Gasteiger partial charge >= 0.3 is 0 Å². The number of anilines is 1. The molecule has 1 aromatic heterocycles. The summed E-state index contributed by atoms with van der Waals surface area (Å²) >= 11 is 0. The average molecular weight is 231 g/mol. The van der Waals surface area contributed by atoms with Gasteiger partial charge in [-0.05, 0) is 12.1 Å². The van der Waals surface area contributed by atoms with Gasteiger partial charge in [0.25, 0.3) is 0 Å². The molecule has 0 amide bonds. The Bertz CT molecular complexity index is 520. The van der Waals surface area contributed by atoms with Gasteiger partial charge in [0.2, 0.25) is 0 Å².